The average Bonchev–Trinajstić information content (AvgIpc) is 2.25. The Balaban J connectivity index is 3.17. The van der Waals surface area contributed by atoms with Gasteiger partial charge in [0.1, 0.15) is 0 Å². The standard InChI is InChI=1S/C10H8N2O5/c11-10(15)8(5-9(13)14)6-1-3-7(4-2-6)12(16)17/h1-5H,(H2,11,15)(H,13,14)/b8-5-. The van der Waals surface area contributed by atoms with Crippen molar-refractivity contribution < 1.29 is 19.6 Å². The molecular weight excluding hydrogens is 228 g/mol. The van der Waals surface area contributed by atoms with Gasteiger partial charge in [-0.15, -0.1) is 0 Å². The van der Waals surface area contributed by atoms with Crippen LogP contribution in [-0.4, -0.2) is 21.9 Å². The number of amides is 1. The van der Waals surface area contributed by atoms with Gasteiger partial charge in [0.25, 0.3) is 5.69 Å². The molecule has 1 aromatic carbocycles. The zero-order valence-electron chi connectivity index (χ0n) is 8.49. The largest absolute Gasteiger partial charge is 0.478 e. The lowest BCUT2D eigenvalue weighted by atomic mass is 10.0. The zero-order valence-corrected chi connectivity index (χ0v) is 8.49. The molecule has 0 unspecified atom stereocenters. The first-order valence-corrected chi connectivity index (χ1v) is 4.41. The minimum atomic E-state index is -1.32. The van der Waals surface area contributed by atoms with Crippen LogP contribution in [0, 0.1) is 10.1 Å². The second kappa shape index (κ2) is 4.88. The number of nitro groups is 1. The Hall–Kier alpha value is -2.70. The average molecular weight is 236 g/mol. The van der Waals surface area contributed by atoms with Crippen LogP contribution in [0.25, 0.3) is 5.57 Å². The number of nitro benzene ring substituents is 1. The predicted molar refractivity (Wildman–Crippen MR) is 57.9 cm³/mol. The fourth-order valence-corrected chi connectivity index (χ4v) is 1.18. The van der Waals surface area contributed by atoms with E-state index in [0.29, 0.717) is 6.08 Å². The summed E-state index contributed by atoms with van der Waals surface area (Å²) in [5.74, 6) is -2.24. The van der Waals surface area contributed by atoms with Crippen LogP contribution in [0.15, 0.2) is 30.3 Å². The minimum absolute atomic E-state index is 0.159. The molecule has 1 aromatic rings. The number of carbonyl (C=O) groups is 2. The number of hydrogen-bond donors (Lipinski definition) is 2. The number of carboxylic acid groups (broad SMARTS) is 1. The van der Waals surface area contributed by atoms with E-state index in [4.69, 9.17) is 10.8 Å². The van der Waals surface area contributed by atoms with Gasteiger partial charge >= 0.3 is 5.97 Å². The maximum atomic E-state index is 11.0. The third kappa shape index (κ3) is 3.13. The second-order valence-corrected chi connectivity index (χ2v) is 3.06. The van der Waals surface area contributed by atoms with Crippen LogP contribution in [0.1, 0.15) is 5.56 Å². The third-order valence-corrected chi connectivity index (χ3v) is 1.92. The van der Waals surface area contributed by atoms with E-state index in [-0.39, 0.29) is 16.8 Å². The molecule has 3 N–H and O–H groups in total. The van der Waals surface area contributed by atoms with E-state index in [1.807, 2.05) is 0 Å². The van der Waals surface area contributed by atoms with Gasteiger partial charge in [-0.3, -0.25) is 14.9 Å². The van der Waals surface area contributed by atoms with Crippen molar-refractivity contribution in [3.8, 4) is 0 Å². The highest BCUT2D eigenvalue weighted by molar-refractivity contribution is 6.22. The van der Waals surface area contributed by atoms with Gasteiger partial charge in [0.2, 0.25) is 5.91 Å². The van der Waals surface area contributed by atoms with E-state index in [9.17, 15) is 19.7 Å². The number of non-ortho nitro benzene ring substituents is 1. The van der Waals surface area contributed by atoms with Gasteiger partial charge in [-0.1, -0.05) is 0 Å². The molecule has 17 heavy (non-hydrogen) atoms. The minimum Gasteiger partial charge on any atom is -0.478 e. The number of hydrogen-bond acceptors (Lipinski definition) is 4. The summed E-state index contributed by atoms with van der Waals surface area (Å²) in [4.78, 5) is 31.3. The molecule has 0 saturated carbocycles. The molecule has 0 aliphatic rings. The third-order valence-electron chi connectivity index (χ3n) is 1.92. The molecule has 88 valence electrons. The molecule has 0 aromatic heterocycles. The molecule has 1 rings (SSSR count). The molecule has 0 aliphatic heterocycles. The van der Waals surface area contributed by atoms with Crippen LogP contribution in [0.5, 0.6) is 0 Å². The molecule has 7 heteroatoms. The lowest BCUT2D eigenvalue weighted by molar-refractivity contribution is -0.384. The van der Waals surface area contributed by atoms with Crippen molar-refractivity contribution in [3.63, 3.8) is 0 Å². The summed E-state index contributed by atoms with van der Waals surface area (Å²) in [5, 5.41) is 18.9. The van der Waals surface area contributed by atoms with Gasteiger partial charge in [0.15, 0.2) is 0 Å². The number of benzene rings is 1. The molecular formula is C10H8N2O5. The highest BCUT2D eigenvalue weighted by Crippen LogP contribution is 2.18. The lowest BCUT2D eigenvalue weighted by Gasteiger charge is -2.01. The van der Waals surface area contributed by atoms with Gasteiger partial charge in [-0.05, 0) is 17.7 Å². The molecule has 7 nitrogen and oxygen atoms in total. The van der Waals surface area contributed by atoms with Crippen molar-refractivity contribution in [3.05, 3.63) is 46.0 Å². The van der Waals surface area contributed by atoms with Gasteiger partial charge in [-0.25, -0.2) is 4.79 Å². The van der Waals surface area contributed by atoms with E-state index in [0.717, 1.165) is 12.1 Å². The fourth-order valence-electron chi connectivity index (χ4n) is 1.18. The van der Waals surface area contributed by atoms with Crippen molar-refractivity contribution in [2.45, 2.75) is 0 Å². The van der Waals surface area contributed by atoms with Crippen LogP contribution >= 0.6 is 0 Å². The van der Waals surface area contributed by atoms with Crippen LogP contribution in [0.4, 0.5) is 5.69 Å². The van der Waals surface area contributed by atoms with E-state index in [2.05, 4.69) is 0 Å². The van der Waals surface area contributed by atoms with Crippen molar-refractivity contribution >= 4 is 23.1 Å². The highest BCUT2D eigenvalue weighted by Gasteiger charge is 2.12. The first-order chi connectivity index (χ1) is 7.91. The Morgan fingerprint density at radius 2 is 1.82 bits per heavy atom. The molecule has 0 bridgehead atoms. The first-order valence-electron chi connectivity index (χ1n) is 4.41. The molecule has 0 spiro atoms. The Morgan fingerprint density at radius 1 is 1.29 bits per heavy atom. The molecule has 0 saturated heterocycles. The van der Waals surface area contributed by atoms with E-state index < -0.39 is 16.8 Å². The van der Waals surface area contributed by atoms with E-state index >= 15 is 0 Å². The topological polar surface area (TPSA) is 124 Å². The fraction of sp³-hybridized carbons (Fsp3) is 0. The van der Waals surface area contributed by atoms with Gasteiger partial charge in [-0.2, -0.15) is 0 Å². The number of carbonyl (C=O) groups excluding carboxylic acids is 1. The van der Waals surface area contributed by atoms with Crippen molar-refractivity contribution in [2.24, 2.45) is 5.73 Å². The van der Waals surface area contributed by atoms with Crippen LogP contribution in [0.2, 0.25) is 0 Å². The number of carboxylic acids is 1. The molecule has 0 fully saturated rings. The summed E-state index contributed by atoms with van der Waals surface area (Å²) in [5.41, 5.74) is 4.85. The second-order valence-electron chi connectivity index (χ2n) is 3.06. The summed E-state index contributed by atoms with van der Waals surface area (Å²) >= 11 is 0. The maximum absolute atomic E-state index is 11.0. The van der Waals surface area contributed by atoms with Crippen LogP contribution < -0.4 is 5.73 Å². The molecule has 0 heterocycles. The maximum Gasteiger partial charge on any atom is 0.329 e. The molecule has 0 atom stereocenters. The van der Waals surface area contributed by atoms with Crippen molar-refractivity contribution in [2.75, 3.05) is 0 Å². The van der Waals surface area contributed by atoms with Crippen LogP contribution in [0.3, 0.4) is 0 Å². The summed E-state index contributed by atoms with van der Waals surface area (Å²) in [6.07, 6.45) is 0.656. The zero-order chi connectivity index (χ0) is 13.0. The highest BCUT2D eigenvalue weighted by atomic mass is 16.6. The number of aliphatic carboxylic acids is 1. The SMILES string of the molecule is NC(=O)/C(=C\C(=O)O)c1ccc([N+](=O)[O-])cc1. The lowest BCUT2D eigenvalue weighted by Crippen LogP contribution is -2.14. The first kappa shape index (κ1) is 12.4. The molecule has 0 radical (unpaired) electrons. The number of rotatable bonds is 4. The summed E-state index contributed by atoms with van der Waals surface area (Å²) in [7, 11) is 0. The number of nitrogens with two attached hydrogens (primary N) is 1. The summed E-state index contributed by atoms with van der Waals surface area (Å²) in [6, 6.07) is 4.84. The number of primary amides is 1. The smallest absolute Gasteiger partial charge is 0.329 e. The van der Waals surface area contributed by atoms with Crippen LogP contribution in [-0.2, 0) is 9.59 Å². The quantitative estimate of drug-likeness (QED) is 0.448. The Morgan fingerprint density at radius 3 is 2.18 bits per heavy atom. The molecule has 0 aliphatic carbocycles. The van der Waals surface area contributed by atoms with Crippen molar-refractivity contribution in [1.29, 1.82) is 0 Å². The Bertz CT molecular complexity index is 504. The molecule has 1 amide bonds. The summed E-state index contributed by atoms with van der Waals surface area (Å²) < 4.78 is 0. The van der Waals surface area contributed by atoms with E-state index in [1.54, 1.807) is 0 Å². The van der Waals surface area contributed by atoms with Gasteiger partial charge < -0.3 is 10.8 Å². The normalized spacial score (nSPS) is 10.9. The van der Waals surface area contributed by atoms with E-state index in [1.165, 1.54) is 12.1 Å². The number of nitrogens with zero attached hydrogens (tertiary/aromatic N) is 1. The Labute approximate surface area is 95.3 Å². The van der Waals surface area contributed by atoms with Gasteiger partial charge in [0.05, 0.1) is 10.5 Å². The monoisotopic (exact) mass is 236 g/mol. The predicted octanol–water partition coefficient (Wildman–Crippen LogP) is 0.548. The Kier molecular flexibility index (Phi) is 3.55. The summed E-state index contributed by atoms with van der Waals surface area (Å²) in [6.45, 7) is 0. The van der Waals surface area contributed by atoms with Gasteiger partial charge in [0, 0.05) is 18.2 Å². The van der Waals surface area contributed by atoms with Crippen molar-refractivity contribution in [1.82, 2.24) is 0 Å².